The Bertz CT molecular complexity index is 149. The van der Waals surface area contributed by atoms with Gasteiger partial charge in [-0.1, -0.05) is 0 Å². The van der Waals surface area contributed by atoms with Gasteiger partial charge in [-0.3, -0.25) is 0 Å². The van der Waals surface area contributed by atoms with Gasteiger partial charge < -0.3 is 4.74 Å². The normalized spacial score (nSPS) is 39.0. The second kappa shape index (κ2) is 1.76. The van der Waals surface area contributed by atoms with E-state index in [1.165, 1.54) is 25.0 Å². The highest BCUT2D eigenvalue weighted by Crippen LogP contribution is 2.43. The summed E-state index contributed by atoms with van der Waals surface area (Å²) in [5.74, 6) is 2.91. The van der Waals surface area contributed by atoms with Gasteiger partial charge in [0.25, 0.3) is 0 Å². The van der Waals surface area contributed by atoms with Crippen molar-refractivity contribution in [2.24, 2.45) is 11.8 Å². The topological polar surface area (TPSA) is 9.23 Å². The third-order valence-electron chi connectivity index (χ3n) is 2.51. The molecule has 0 unspecified atom stereocenters. The van der Waals surface area contributed by atoms with Gasteiger partial charge in [0, 0.05) is 5.92 Å². The molecule has 0 aromatic rings. The zero-order valence-electron chi connectivity index (χ0n) is 5.76. The van der Waals surface area contributed by atoms with Crippen LogP contribution in [0.3, 0.4) is 0 Å². The number of hydrogen-bond acceptors (Lipinski definition) is 1. The van der Waals surface area contributed by atoms with E-state index < -0.39 is 0 Å². The van der Waals surface area contributed by atoms with Gasteiger partial charge in [-0.15, -0.1) is 0 Å². The SMILES string of the molecule is COC1=C[C@H]2CC[C@@H]1C2. The van der Waals surface area contributed by atoms with Crippen molar-refractivity contribution >= 4 is 0 Å². The van der Waals surface area contributed by atoms with Gasteiger partial charge in [-0.2, -0.15) is 0 Å². The molecule has 0 aromatic carbocycles. The third kappa shape index (κ3) is 0.673. The molecule has 50 valence electrons. The average Bonchev–Trinajstić information content (AvgIpc) is 2.45. The molecule has 0 heterocycles. The maximum absolute atomic E-state index is 5.21. The van der Waals surface area contributed by atoms with E-state index in [2.05, 4.69) is 6.08 Å². The van der Waals surface area contributed by atoms with E-state index >= 15 is 0 Å². The highest BCUT2D eigenvalue weighted by Gasteiger charge is 2.33. The van der Waals surface area contributed by atoms with Gasteiger partial charge >= 0.3 is 0 Å². The lowest BCUT2D eigenvalue weighted by atomic mass is 10.1. The molecule has 0 amide bonds. The molecule has 1 fully saturated rings. The maximum Gasteiger partial charge on any atom is 0.0949 e. The smallest absolute Gasteiger partial charge is 0.0949 e. The van der Waals surface area contributed by atoms with Crippen LogP contribution < -0.4 is 0 Å². The molecule has 0 aromatic heterocycles. The quantitative estimate of drug-likeness (QED) is 0.519. The Morgan fingerprint density at radius 3 is 2.78 bits per heavy atom. The molecule has 0 N–H and O–H groups in total. The Morgan fingerprint density at radius 2 is 2.44 bits per heavy atom. The lowest BCUT2D eigenvalue weighted by Gasteiger charge is -2.10. The maximum atomic E-state index is 5.21. The van der Waals surface area contributed by atoms with Crippen LogP contribution in [0.4, 0.5) is 0 Å². The first kappa shape index (κ1) is 5.33. The summed E-state index contributed by atoms with van der Waals surface area (Å²) in [5.41, 5.74) is 0. The van der Waals surface area contributed by atoms with E-state index in [4.69, 9.17) is 4.74 Å². The first-order valence-electron chi connectivity index (χ1n) is 3.66. The predicted molar refractivity (Wildman–Crippen MR) is 35.9 cm³/mol. The van der Waals surface area contributed by atoms with Crippen molar-refractivity contribution in [1.82, 2.24) is 0 Å². The summed E-state index contributed by atoms with van der Waals surface area (Å²) in [6.45, 7) is 0. The standard InChI is InChI=1S/C8H12O/c1-9-8-5-6-2-3-7(8)4-6/h5-7H,2-4H2,1H3/t6-,7+/m0/s1. The first-order chi connectivity index (χ1) is 4.40. The minimum atomic E-state index is 0.792. The van der Waals surface area contributed by atoms with Crippen molar-refractivity contribution in [2.45, 2.75) is 19.3 Å². The van der Waals surface area contributed by atoms with Crippen molar-refractivity contribution in [3.63, 3.8) is 0 Å². The fourth-order valence-electron chi connectivity index (χ4n) is 2.03. The Labute approximate surface area is 55.7 Å². The molecule has 9 heavy (non-hydrogen) atoms. The van der Waals surface area contributed by atoms with Gasteiger partial charge in [-0.25, -0.2) is 0 Å². The Kier molecular flexibility index (Phi) is 1.04. The summed E-state index contributed by atoms with van der Waals surface area (Å²) >= 11 is 0. The zero-order chi connectivity index (χ0) is 6.27. The minimum Gasteiger partial charge on any atom is -0.501 e. The number of hydrogen-bond donors (Lipinski definition) is 0. The molecule has 1 heteroatoms. The van der Waals surface area contributed by atoms with E-state index in [-0.39, 0.29) is 0 Å². The van der Waals surface area contributed by atoms with Crippen LogP contribution in [0.2, 0.25) is 0 Å². The molecule has 1 saturated carbocycles. The monoisotopic (exact) mass is 124 g/mol. The molecule has 0 aliphatic heterocycles. The predicted octanol–water partition coefficient (Wildman–Crippen LogP) is 1.95. The molecular weight excluding hydrogens is 112 g/mol. The second-order valence-electron chi connectivity index (χ2n) is 3.04. The van der Waals surface area contributed by atoms with Crippen LogP contribution >= 0.6 is 0 Å². The second-order valence-corrected chi connectivity index (χ2v) is 3.04. The van der Waals surface area contributed by atoms with Crippen molar-refractivity contribution < 1.29 is 4.74 Å². The van der Waals surface area contributed by atoms with Crippen LogP contribution in [-0.2, 0) is 4.74 Å². The molecule has 0 spiro atoms. The van der Waals surface area contributed by atoms with Gasteiger partial charge in [0.1, 0.15) is 0 Å². The zero-order valence-corrected chi connectivity index (χ0v) is 5.76. The highest BCUT2D eigenvalue weighted by atomic mass is 16.5. The molecule has 0 radical (unpaired) electrons. The van der Waals surface area contributed by atoms with Crippen molar-refractivity contribution in [1.29, 1.82) is 0 Å². The third-order valence-corrected chi connectivity index (χ3v) is 2.51. The Hall–Kier alpha value is -0.460. The largest absolute Gasteiger partial charge is 0.501 e. The molecule has 2 bridgehead atoms. The van der Waals surface area contributed by atoms with Gasteiger partial charge in [-0.05, 0) is 31.3 Å². The Morgan fingerprint density at radius 1 is 1.56 bits per heavy atom. The van der Waals surface area contributed by atoms with Crippen molar-refractivity contribution in [3.8, 4) is 0 Å². The molecule has 1 nitrogen and oxygen atoms in total. The molecule has 0 saturated heterocycles. The number of rotatable bonds is 1. The van der Waals surface area contributed by atoms with Crippen molar-refractivity contribution in [3.05, 3.63) is 11.8 Å². The van der Waals surface area contributed by atoms with E-state index in [0.29, 0.717) is 0 Å². The summed E-state index contributed by atoms with van der Waals surface area (Å²) in [4.78, 5) is 0. The summed E-state index contributed by atoms with van der Waals surface area (Å²) in [5, 5.41) is 0. The molecule has 2 atom stereocenters. The number of allylic oxidation sites excluding steroid dienone is 2. The lowest BCUT2D eigenvalue weighted by Crippen LogP contribution is -1.98. The van der Waals surface area contributed by atoms with Crippen molar-refractivity contribution in [2.75, 3.05) is 7.11 Å². The number of methoxy groups -OCH3 is 1. The van der Waals surface area contributed by atoms with Gasteiger partial charge in [0.15, 0.2) is 0 Å². The van der Waals surface area contributed by atoms with Crippen LogP contribution in [-0.4, -0.2) is 7.11 Å². The number of ether oxygens (including phenoxy) is 1. The van der Waals surface area contributed by atoms with Crippen LogP contribution in [0.25, 0.3) is 0 Å². The van der Waals surface area contributed by atoms with Crippen LogP contribution in [0.5, 0.6) is 0 Å². The summed E-state index contributed by atoms with van der Waals surface area (Å²) in [7, 11) is 1.78. The summed E-state index contributed by atoms with van der Waals surface area (Å²) < 4.78 is 5.21. The average molecular weight is 124 g/mol. The lowest BCUT2D eigenvalue weighted by molar-refractivity contribution is 0.247. The van der Waals surface area contributed by atoms with Crippen LogP contribution in [0.15, 0.2) is 11.8 Å². The van der Waals surface area contributed by atoms with E-state index in [1.54, 1.807) is 7.11 Å². The van der Waals surface area contributed by atoms with Crippen LogP contribution in [0, 0.1) is 11.8 Å². The van der Waals surface area contributed by atoms with E-state index in [9.17, 15) is 0 Å². The molecular formula is C8H12O. The number of fused-ring (bicyclic) bond motifs is 2. The fraction of sp³-hybridized carbons (Fsp3) is 0.750. The summed E-state index contributed by atoms with van der Waals surface area (Å²) in [6, 6.07) is 0. The molecule has 2 rings (SSSR count). The van der Waals surface area contributed by atoms with Gasteiger partial charge in [0.05, 0.1) is 12.9 Å². The highest BCUT2D eigenvalue weighted by molar-refractivity contribution is 5.13. The first-order valence-corrected chi connectivity index (χ1v) is 3.66. The Balaban J connectivity index is 2.18. The molecule has 2 aliphatic carbocycles. The van der Waals surface area contributed by atoms with Gasteiger partial charge in [0.2, 0.25) is 0 Å². The van der Waals surface area contributed by atoms with E-state index in [0.717, 1.165) is 11.8 Å². The molecule has 2 aliphatic rings. The van der Waals surface area contributed by atoms with Crippen LogP contribution in [0.1, 0.15) is 19.3 Å². The van der Waals surface area contributed by atoms with E-state index in [1.807, 2.05) is 0 Å². The fourth-order valence-corrected chi connectivity index (χ4v) is 2.03. The minimum absolute atomic E-state index is 0.792. The summed E-state index contributed by atoms with van der Waals surface area (Å²) in [6.07, 6.45) is 6.43.